The molecular formula is C16H19FO3S. The molecule has 1 saturated carbocycles. The minimum Gasteiger partial charge on any atom is -0.469 e. The van der Waals surface area contributed by atoms with Crippen LogP contribution in [0.5, 0.6) is 0 Å². The number of carbonyl (C=O) groups excluding carboxylic acids is 2. The SMILES string of the molecule is COC(=O)CC1(CSCCC(=O)c2ccc(F)cc2)CC1. The van der Waals surface area contributed by atoms with E-state index in [0.29, 0.717) is 18.4 Å². The summed E-state index contributed by atoms with van der Waals surface area (Å²) in [4.78, 5) is 23.2. The molecule has 114 valence electrons. The highest BCUT2D eigenvalue weighted by atomic mass is 32.2. The molecule has 0 N–H and O–H groups in total. The van der Waals surface area contributed by atoms with E-state index in [1.54, 1.807) is 11.8 Å². The fourth-order valence-corrected chi connectivity index (χ4v) is 3.46. The smallest absolute Gasteiger partial charge is 0.306 e. The molecule has 0 spiro atoms. The Bertz CT molecular complexity index is 509. The van der Waals surface area contributed by atoms with E-state index in [1.165, 1.54) is 31.4 Å². The molecule has 21 heavy (non-hydrogen) atoms. The summed E-state index contributed by atoms with van der Waals surface area (Å²) in [5.74, 6) is 1.15. The number of methoxy groups -OCH3 is 1. The number of ether oxygens (including phenoxy) is 1. The Hall–Kier alpha value is -1.36. The van der Waals surface area contributed by atoms with Crippen molar-refractivity contribution in [2.45, 2.75) is 25.7 Å². The molecule has 0 bridgehead atoms. The lowest BCUT2D eigenvalue weighted by molar-refractivity contribution is -0.141. The molecule has 0 aromatic heterocycles. The Kier molecular flexibility index (Phi) is 5.39. The van der Waals surface area contributed by atoms with Crippen LogP contribution in [0.3, 0.4) is 0 Å². The van der Waals surface area contributed by atoms with Gasteiger partial charge >= 0.3 is 5.97 Å². The van der Waals surface area contributed by atoms with Crippen LogP contribution in [0.25, 0.3) is 0 Å². The van der Waals surface area contributed by atoms with E-state index in [1.807, 2.05) is 0 Å². The van der Waals surface area contributed by atoms with Crippen LogP contribution in [0, 0.1) is 11.2 Å². The van der Waals surface area contributed by atoms with Gasteiger partial charge in [0.25, 0.3) is 0 Å². The van der Waals surface area contributed by atoms with Crippen molar-refractivity contribution < 1.29 is 18.7 Å². The molecule has 0 aliphatic heterocycles. The van der Waals surface area contributed by atoms with Gasteiger partial charge in [-0.1, -0.05) is 0 Å². The van der Waals surface area contributed by atoms with Crippen molar-refractivity contribution in [1.82, 2.24) is 0 Å². The molecule has 0 heterocycles. The van der Waals surface area contributed by atoms with Gasteiger partial charge in [0.2, 0.25) is 0 Å². The first-order valence-electron chi connectivity index (χ1n) is 6.98. The molecule has 3 nitrogen and oxygen atoms in total. The minimum absolute atomic E-state index is 0.0281. The van der Waals surface area contributed by atoms with Crippen molar-refractivity contribution in [2.75, 3.05) is 18.6 Å². The maximum absolute atomic E-state index is 12.8. The van der Waals surface area contributed by atoms with Gasteiger partial charge in [0, 0.05) is 17.7 Å². The maximum Gasteiger partial charge on any atom is 0.306 e. The Morgan fingerprint density at radius 2 is 1.95 bits per heavy atom. The zero-order valence-electron chi connectivity index (χ0n) is 12.1. The molecule has 1 aromatic rings. The van der Waals surface area contributed by atoms with Crippen LogP contribution in [-0.4, -0.2) is 30.4 Å². The number of esters is 1. The van der Waals surface area contributed by atoms with Crippen molar-refractivity contribution in [1.29, 1.82) is 0 Å². The number of thioether (sulfide) groups is 1. The molecule has 0 radical (unpaired) electrons. The van der Waals surface area contributed by atoms with Gasteiger partial charge in [0.05, 0.1) is 13.5 Å². The molecule has 5 heteroatoms. The van der Waals surface area contributed by atoms with Gasteiger partial charge in [-0.2, -0.15) is 11.8 Å². The van der Waals surface area contributed by atoms with Crippen molar-refractivity contribution >= 4 is 23.5 Å². The summed E-state index contributed by atoms with van der Waals surface area (Å²) in [6.45, 7) is 0. The van der Waals surface area contributed by atoms with Crippen LogP contribution in [0.1, 0.15) is 36.0 Å². The van der Waals surface area contributed by atoms with Crippen LogP contribution in [0.2, 0.25) is 0 Å². The van der Waals surface area contributed by atoms with Crippen LogP contribution in [0.4, 0.5) is 4.39 Å². The average Bonchev–Trinajstić information content (AvgIpc) is 3.24. The topological polar surface area (TPSA) is 43.4 Å². The molecule has 0 saturated heterocycles. The van der Waals surface area contributed by atoms with Gasteiger partial charge in [-0.25, -0.2) is 4.39 Å². The monoisotopic (exact) mass is 310 g/mol. The summed E-state index contributed by atoms with van der Waals surface area (Å²) in [6.07, 6.45) is 3.02. The van der Waals surface area contributed by atoms with Crippen molar-refractivity contribution in [3.05, 3.63) is 35.6 Å². The first kappa shape index (κ1) is 16.0. The fourth-order valence-electron chi connectivity index (χ4n) is 2.16. The summed E-state index contributed by atoms with van der Waals surface area (Å²) in [7, 11) is 1.41. The van der Waals surface area contributed by atoms with Gasteiger partial charge in [-0.05, 0) is 48.3 Å². The normalized spacial score (nSPS) is 15.5. The van der Waals surface area contributed by atoms with E-state index in [2.05, 4.69) is 0 Å². The van der Waals surface area contributed by atoms with Gasteiger partial charge in [-0.3, -0.25) is 9.59 Å². The fraction of sp³-hybridized carbons (Fsp3) is 0.500. The van der Waals surface area contributed by atoms with Crippen LogP contribution in [0.15, 0.2) is 24.3 Å². The number of ketones is 1. The lowest BCUT2D eigenvalue weighted by Crippen LogP contribution is -2.13. The van der Waals surface area contributed by atoms with Crippen molar-refractivity contribution in [3.63, 3.8) is 0 Å². The van der Waals surface area contributed by atoms with E-state index in [-0.39, 0.29) is 23.0 Å². The lowest BCUT2D eigenvalue weighted by atomic mass is 10.1. The second kappa shape index (κ2) is 7.07. The van der Waals surface area contributed by atoms with Gasteiger partial charge < -0.3 is 4.74 Å². The van der Waals surface area contributed by atoms with E-state index in [9.17, 15) is 14.0 Å². The average molecular weight is 310 g/mol. The Labute approximate surface area is 128 Å². The third-order valence-corrected chi connectivity index (χ3v) is 5.06. The number of benzene rings is 1. The van der Waals surface area contributed by atoms with Gasteiger partial charge in [0.15, 0.2) is 5.78 Å². The van der Waals surface area contributed by atoms with Gasteiger partial charge in [-0.15, -0.1) is 0 Å². The molecule has 1 aliphatic rings. The Morgan fingerprint density at radius 3 is 2.52 bits per heavy atom. The number of hydrogen-bond acceptors (Lipinski definition) is 4. The first-order valence-corrected chi connectivity index (χ1v) is 8.13. The van der Waals surface area contributed by atoms with E-state index in [0.717, 1.165) is 24.3 Å². The second-order valence-electron chi connectivity index (χ2n) is 5.49. The van der Waals surface area contributed by atoms with Gasteiger partial charge in [0.1, 0.15) is 5.82 Å². The van der Waals surface area contributed by atoms with Crippen LogP contribution < -0.4 is 0 Å². The molecule has 1 fully saturated rings. The minimum atomic E-state index is -0.334. The number of Topliss-reactive ketones (excluding diaryl/α,β-unsaturated/α-hetero) is 1. The number of rotatable bonds is 8. The quantitative estimate of drug-likeness (QED) is 0.419. The van der Waals surface area contributed by atoms with E-state index in [4.69, 9.17) is 4.74 Å². The second-order valence-corrected chi connectivity index (χ2v) is 6.59. The highest BCUT2D eigenvalue weighted by Crippen LogP contribution is 2.51. The summed E-state index contributed by atoms with van der Waals surface area (Å²) in [5, 5.41) is 0. The molecule has 2 rings (SSSR count). The standard InChI is InChI=1S/C16H19FO3S/c1-20-15(19)10-16(7-8-16)11-21-9-6-14(18)12-2-4-13(17)5-3-12/h2-5H,6-11H2,1H3. The Morgan fingerprint density at radius 1 is 1.29 bits per heavy atom. The zero-order chi connectivity index (χ0) is 15.3. The molecule has 1 aromatic carbocycles. The number of halogens is 1. The van der Waals surface area contributed by atoms with Crippen LogP contribution >= 0.6 is 11.8 Å². The van der Waals surface area contributed by atoms with E-state index < -0.39 is 0 Å². The molecular weight excluding hydrogens is 291 g/mol. The third kappa shape index (κ3) is 4.84. The molecule has 0 unspecified atom stereocenters. The molecule has 1 aliphatic carbocycles. The molecule has 0 amide bonds. The lowest BCUT2D eigenvalue weighted by Gasteiger charge is -2.12. The predicted octanol–water partition coefficient (Wildman–Crippen LogP) is 3.48. The maximum atomic E-state index is 12.8. The highest BCUT2D eigenvalue weighted by molar-refractivity contribution is 7.99. The predicted molar refractivity (Wildman–Crippen MR) is 81.0 cm³/mol. The number of hydrogen-bond donors (Lipinski definition) is 0. The van der Waals surface area contributed by atoms with Crippen LogP contribution in [-0.2, 0) is 9.53 Å². The highest BCUT2D eigenvalue weighted by Gasteiger charge is 2.44. The summed E-state index contributed by atoms with van der Waals surface area (Å²) in [5.41, 5.74) is 0.643. The van der Waals surface area contributed by atoms with Crippen molar-refractivity contribution in [2.24, 2.45) is 5.41 Å². The van der Waals surface area contributed by atoms with E-state index >= 15 is 0 Å². The summed E-state index contributed by atoms with van der Waals surface area (Å²) < 4.78 is 17.5. The summed E-state index contributed by atoms with van der Waals surface area (Å²) >= 11 is 1.70. The number of carbonyl (C=O) groups is 2. The molecule has 0 atom stereocenters. The van der Waals surface area contributed by atoms with Crippen molar-refractivity contribution in [3.8, 4) is 0 Å². The first-order chi connectivity index (χ1) is 10.0. The zero-order valence-corrected chi connectivity index (χ0v) is 12.9. The third-order valence-electron chi connectivity index (χ3n) is 3.75. The summed E-state index contributed by atoms with van der Waals surface area (Å²) in [6, 6.07) is 5.63. The largest absolute Gasteiger partial charge is 0.469 e. The Balaban J connectivity index is 1.69.